The van der Waals surface area contributed by atoms with Crippen molar-refractivity contribution < 1.29 is 14.4 Å². The van der Waals surface area contributed by atoms with Crippen molar-refractivity contribution in [3.8, 4) is 0 Å². The smallest absolute Gasteiger partial charge is 0.320 e. The van der Waals surface area contributed by atoms with E-state index < -0.39 is 0 Å². The van der Waals surface area contributed by atoms with E-state index in [0.29, 0.717) is 26.2 Å². The molecule has 0 spiro atoms. The lowest BCUT2D eigenvalue weighted by atomic mass is 9.75. The lowest BCUT2D eigenvalue weighted by Gasteiger charge is -2.41. The Hall–Kier alpha value is -2.19. The van der Waals surface area contributed by atoms with Crippen LogP contribution in [0.2, 0.25) is 0 Å². The Morgan fingerprint density at radius 1 is 0.500 bits per heavy atom. The molecule has 6 bridgehead atoms. The van der Waals surface area contributed by atoms with Gasteiger partial charge in [0.05, 0.1) is 0 Å². The number of hydrogen-bond donors (Lipinski definition) is 4. The van der Waals surface area contributed by atoms with Gasteiger partial charge in [0.1, 0.15) is 0 Å². The normalized spacial score (nSPS) is 41.6. The first kappa shape index (κ1) is 29.2. The van der Waals surface area contributed by atoms with Crippen molar-refractivity contribution in [2.24, 2.45) is 35.5 Å². The van der Waals surface area contributed by atoms with Crippen molar-refractivity contribution in [3.05, 3.63) is 0 Å². The van der Waals surface area contributed by atoms with Gasteiger partial charge in [-0.05, 0) is 113 Å². The van der Waals surface area contributed by atoms with Crippen LogP contribution in [-0.4, -0.2) is 77.2 Å². The average Bonchev–Trinajstić information content (AvgIpc) is 3.24. The molecule has 2 aliphatic heterocycles. The predicted molar refractivity (Wildman–Crippen MR) is 169 cm³/mol. The molecule has 0 aromatic carbocycles. The number of likely N-dealkylation sites (tertiary alicyclic amines) is 2. The Balaban J connectivity index is 0.752. The molecule has 0 radical (unpaired) electrons. The second-order valence-corrected chi connectivity index (χ2v) is 16.9. The molecule has 8 unspecified atom stereocenters. The highest BCUT2D eigenvalue weighted by Crippen LogP contribution is 2.56. The highest BCUT2D eigenvalue weighted by molar-refractivity contribution is 5.77. The molecule has 44 heavy (non-hydrogen) atoms. The second-order valence-electron chi connectivity index (χ2n) is 16.9. The SMILES string of the molecule is O=C(NC1CCN(C(=O)N2CCC(NC(=O)NC34CC5CCCC(C3)C(C5)C4)CC2)CC1)NC12CC3CCCC(C1)C(C3)C2. The van der Waals surface area contributed by atoms with Crippen molar-refractivity contribution in [1.82, 2.24) is 31.1 Å². The zero-order valence-corrected chi connectivity index (χ0v) is 26.8. The summed E-state index contributed by atoms with van der Waals surface area (Å²) in [5.74, 6) is 4.85. The summed E-state index contributed by atoms with van der Waals surface area (Å²) < 4.78 is 0. The third-order valence-electron chi connectivity index (χ3n) is 13.9. The number of rotatable bonds is 4. The maximum Gasteiger partial charge on any atom is 0.320 e. The van der Waals surface area contributed by atoms with Gasteiger partial charge in [-0.3, -0.25) is 0 Å². The minimum atomic E-state index is 0.00713. The Kier molecular flexibility index (Phi) is 7.68. The van der Waals surface area contributed by atoms with Crippen LogP contribution in [0.15, 0.2) is 0 Å². The number of fused-ring (bicyclic) bond motifs is 4. The lowest BCUT2D eigenvalue weighted by Crippen LogP contribution is -2.58. The molecule has 4 N–H and O–H groups in total. The topological polar surface area (TPSA) is 106 Å². The van der Waals surface area contributed by atoms with Crippen molar-refractivity contribution in [3.63, 3.8) is 0 Å². The Labute approximate surface area is 263 Å². The van der Waals surface area contributed by atoms with E-state index in [0.717, 1.165) is 61.2 Å². The van der Waals surface area contributed by atoms with Gasteiger partial charge in [0.2, 0.25) is 0 Å². The number of nitrogens with one attached hydrogen (secondary N) is 4. The number of piperidine rings is 2. The van der Waals surface area contributed by atoms with Crippen LogP contribution in [0.4, 0.5) is 14.4 Å². The molecule has 0 aromatic heterocycles. The number of nitrogens with zero attached hydrogens (tertiary/aromatic N) is 2. The quantitative estimate of drug-likeness (QED) is 0.346. The lowest BCUT2D eigenvalue weighted by molar-refractivity contribution is 0.123. The van der Waals surface area contributed by atoms with E-state index >= 15 is 0 Å². The summed E-state index contributed by atoms with van der Waals surface area (Å²) in [7, 11) is 0. The van der Waals surface area contributed by atoms with Gasteiger partial charge < -0.3 is 31.1 Å². The number of carbonyl (C=O) groups excluding carboxylic acids is 3. The molecular weight excluding hydrogens is 552 g/mol. The van der Waals surface area contributed by atoms with Crippen molar-refractivity contribution in [2.75, 3.05) is 26.2 Å². The van der Waals surface area contributed by atoms with Crippen LogP contribution in [0.1, 0.15) is 116 Å². The summed E-state index contributed by atoms with van der Waals surface area (Å²) in [5, 5.41) is 13.5. The van der Waals surface area contributed by atoms with Gasteiger partial charge in [0, 0.05) is 49.3 Å². The van der Waals surface area contributed by atoms with E-state index in [4.69, 9.17) is 0 Å². The van der Waals surface area contributed by atoms with Gasteiger partial charge in [-0.25, -0.2) is 14.4 Å². The van der Waals surface area contributed by atoms with Crippen LogP contribution in [0.5, 0.6) is 0 Å². The highest BCUT2D eigenvalue weighted by atomic mass is 16.2. The average molecular weight is 609 g/mol. The Morgan fingerprint density at radius 3 is 1.34 bits per heavy atom. The van der Waals surface area contributed by atoms with Gasteiger partial charge in [-0.2, -0.15) is 0 Å². The first-order valence-electron chi connectivity index (χ1n) is 18.5. The largest absolute Gasteiger partial charge is 0.335 e. The third-order valence-corrected chi connectivity index (χ3v) is 13.9. The fourth-order valence-corrected chi connectivity index (χ4v) is 12.2. The summed E-state index contributed by atoms with van der Waals surface area (Å²) in [6.07, 6.45) is 21.2. The van der Waals surface area contributed by atoms with E-state index in [1.807, 2.05) is 9.80 Å². The van der Waals surface area contributed by atoms with E-state index in [9.17, 15) is 14.4 Å². The van der Waals surface area contributed by atoms with E-state index in [1.165, 1.54) is 89.9 Å². The third kappa shape index (κ3) is 5.78. The summed E-state index contributed by atoms with van der Waals surface area (Å²) in [6.45, 7) is 2.75. The van der Waals surface area contributed by atoms with Crippen LogP contribution in [0, 0.1) is 35.5 Å². The molecule has 8 rings (SSSR count). The molecular formula is C35H56N6O3. The highest BCUT2D eigenvalue weighted by Gasteiger charge is 2.53. The first-order valence-corrected chi connectivity index (χ1v) is 18.5. The molecule has 2 heterocycles. The predicted octanol–water partition coefficient (Wildman–Crippen LogP) is 5.35. The number of hydrogen-bond acceptors (Lipinski definition) is 3. The zero-order valence-electron chi connectivity index (χ0n) is 26.8. The first-order chi connectivity index (χ1) is 21.3. The second kappa shape index (κ2) is 11.6. The van der Waals surface area contributed by atoms with Gasteiger partial charge in [0.25, 0.3) is 0 Å². The molecule has 6 saturated carbocycles. The maximum absolute atomic E-state index is 13.4. The van der Waals surface area contributed by atoms with Crippen molar-refractivity contribution in [2.45, 2.75) is 139 Å². The van der Waals surface area contributed by atoms with Crippen LogP contribution in [0.25, 0.3) is 0 Å². The minimum Gasteiger partial charge on any atom is -0.335 e. The van der Waals surface area contributed by atoms with Gasteiger partial charge >= 0.3 is 18.1 Å². The molecule has 8 atom stereocenters. The minimum absolute atomic E-state index is 0.00713. The van der Waals surface area contributed by atoms with Crippen LogP contribution < -0.4 is 21.3 Å². The van der Waals surface area contributed by atoms with E-state index in [-0.39, 0.29) is 41.3 Å². The van der Waals surface area contributed by atoms with Gasteiger partial charge in [0.15, 0.2) is 0 Å². The molecule has 8 fully saturated rings. The van der Waals surface area contributed by atoms with Crippen LogP contribution >= 0.6 is 0 Å². The van der Waals surface area contributed by atoms with Gasteiger partial charge in [-0.1, -0.05) is 38.5 Å². The Bertz CT molecular complexity index is 1030. The van der Waals surface area contributed by atoms with Crippen molar-refractivity contribution in [1.29, 1.82) is 0 Å². The van der Waals surface area contributed by atoms with Crippen LogP contribution in [-0.2, 0) is 0 Å². The summed E-state index contributed by atoms with van der Waals surface area (Å²) >= 11 is 0. The molecule has 6 amide bonds. The van der Waals surface area contributed by atoms with Gasteiger partial charge in [-0.15, -0.1) is 0 Å². The monoisotopic (exact) mass is 608 g/mol. The number of amides is 6. The molecule has 8 aliphatic rings. The standard InChI is InChI=1S/C35H56N6O3/c42-31(38-34-17-23-3-1-5-25(19-34)27(15-23)21-34)36-29-7-11-40(12-8-29)33(44)41-13-9-30(10-14-41)37-32(43)39-35-18-24-4-2-6-26(20-35)28(16-24)22-35/h23-30H,1-22H2,(H2,36,38,42)(H2,37,39,43). The summed E-state index contributed by atoms with van der Waals surface area (Å²) in [6, 6.07) is 0.385. The Morgan fingerprint density at radius 2 is 0.909 bits per heavy atom. The van der Waals surface area contributed by atoms with E-state index in [1.54, 1.807) is 0 Å². The number of urea groups is 3. The molecule has 2 saturated heterocycles. The summed E-state index contributed by atoms with van der Waals surface area (Å²) in [5.41, 5.74) is 0.0463. The fourth-order valence-electron chi connectivity index (χ4n) is 12.2. The molecule has 0 aromatic rings. The molecule has 244 valence electrons. The fraction of sp³-hybridized carbons (Fsp3) is 0.914. The number of carbonyl (C=O) groups is 3. The maximum atomic E-state index is 13.4. The summed E-state index contributed by atoms with van der Waals surface area (Å²) in [4.78, 5) is 43.5. The van der Waals surface area contributed by atoms with Crippen LogP contribution in [0.3, 0.4) is 0 Å². The molecule has 9 nitrogen and oxygen atoms in total. The zero-order chi connectivity index (χ0) is 29.9. The molecule has 9 heteroatoms. The van der Waals surface area contributed by atoms with Crippen molar-refractivity contribution >= 4 is 18.1 Å². The molecule has 6 aliphatic carbocycles. The van der Waals surface area contributed by atoms with E-state index in [2.05, 4.69) is 21.3 Å².